The predicted molar refractivity (Wildman–Crippen MR) is 138 cm³/mol. The molecular weight excluding hydrogens is 494 g/mol. The first kappa shape index (κ1) is 25.6. The molecule has 4 aromatic rings. The maximum atomic E-state index is 13.6. The van der Waals surface area contributed by atoms with Gasteiger partial charge in [0.25, 0.3) is 10.0 Å². The molecule has 37 heavy (non-hydrogen) atoms. The van der Waals surface area contributed by atoms with Gasteiger partial charge in [-0.1, -0.05) is 17.3 Å². The number of hydrogen-bond donors (Lipinski definition) is 2. The van der Waals surface area contributed by atoms with E-state index in [-0.39, 0.29) is 29.7 Å². The van der Waals surface area contributed by atoms with Gasteiger partial charge in [0.05, 0.1) is 10.6 Å². The van der Waals surface area contributed by atoms with Crippen LogP contribution in [0.25, 0.3) is 0 Å². The third kappa shape index (κ3) is 6.58. The van der Waals surface area contributed by atoms with Crippen LogP contribution in [-0.2, 0) is 21.2 Å². The molecule has 0 aliphatic rings. The molecule has 2 aromatic heterocycles. The molecule has 0 saturated heterocycles. The fourth-order valence-electron chi connectivity index (χ4n) is 3.47. The van der Waals surface area contributed by atoms with Gasteiger partial charge in [-0.25, -0.2) is 22.7 Å². The van der Waals surface area contributed by atoms with Gasteiger partial charge < -0.3 is 5.32 Å². The number of hydrogen-bond acceptors (Lipinski definition) is 9. The summed E-state index contributed by atoms with van der Waals surface area (Å²) in [6.45, 7) is 5.03. The predicted octanol–water partition coefficient (Wildman–Crippen LogP) is 2.75. The van der Waals surface area contributed by atoms with Crippen molar-refractivity contribution in [2.45, 2.75) is 32.1 Å². The zero-order valence-electron chi connectivity index (χ0n) is 20.5. The minimum Gasteiger partial charge on any atom is -0.326 e. The lowest BCUT2D eigenvalue weighted by atomic mass is 10.2. The van der Waals surface area contributed by atoms with Crippen LogP contribution in [0.5, 0.6) is 0 Å². The van der Waals surface area contributed by atoms with Crippen molar-refractivity contribution < 1.29 is 13.2 Å². The summed E-state index contributed by atoms with van der Waals surface area (Å²) in [4.78, 5) is 24.3. The van der Waals surface area contributed by atoms with E-state index in [1.54, 1.807) is 50.4 Å². The molecule has 2 heterocycles. The number of benzene rings is 2. The van der Waals surface area contributed by atoms with E-state index in [9.17, 15) is 13.2 Å². The van der Waals surface area contributed by atoms with E-state index in [1.807, 2.05) is 12.1 Å². The number of aliphatic imine (C=N–C) groups is 1. The van der Waals surface area contributed by atoms with Gasteiger partial charge in [0.1, 0.15) is 0 Å². The lowest BCUT2D eigenvalue weighted by Gasteiger charge is -2.22. The monoisotopic (exact) mass is 519 g/mol. The summed E-state index contributed by atoms with van der Waals surface area (Å²) in [5, 5.41) is 16.4. The third-order valence-electron chi connectivity index (χ3n) is 5.14. The maximum Gasteiger partial charge on any atom is 0.266 e. The summed E-state index contributed by atoms with van der Waals surface area (Å²) in [6.07, 6.45) is 1.87. The van der Waals surface area contributed by atoms with Gasteiger partial charge in [0, 0.05) is 43.2 Å². The summed E-state index contributed by atoms with van der Waals surface area (Å²) in [7, 11) is -4.00. The highest BCUT2D eigenvalue weighted by Gasteiger charge is 2.28. The quantitative estimate of drug-likeness (QED) is 0.319. The Morgan fingerprint density at radius 2 is 1.73 bits per heavy atom. The highest BCUT2D eigenvalue weighted by atomic mass is 32.2. The number of nitrogens with one attached hydrogen (secondary N) is 2. The van der Waals surface area contributed by atoms with E-state index in [4.69, 9.17) is 0 Å². The highest BCUT2D eigenvalue weighted by Crippen LogP contribution is 2.24. The van der Waals surface area contributed by atoms with Gasteiger partial charge in [0.2, 0.25) is 11.9 Å². The number of amides is 1. The fraction of sp³-hybridized carbons (Fsp3) is 0.208. The fourth-order valence-corrected chi connectivity index (χ4v) is 4.84. The van der Waals surface area contributed by atoms with Gasteiger partial charge in [-0.15, -0.1) is 10.2 Å². The molecule has 0 radical (unpaired) electrons. The Hall–Kier alpha value is -4.52. The van der Waals surface area contributed by atoms with E-state index in [0.29, 0.717) is 28.6 Å². The van der Waals surface area contributed by atoms with Gasteiger partial charge in [-0.3, -0.25) is 9.79 Å². The van der Waals surface area contributed by atoms with E-state index in [1.165, 1.54) is 19.1 Å². The SMILES string of the molecule is CC(=O)Nc1ccc(C=Nc2ccc(S(=O)(=O)N(CCc3nn[nH]n3)c3nc(C)cc(C)n3)cc2)cc1. The number of carbonyl (C=O) groups excluding carboxylic acids is 1. The van der Waals surface area contributed by atoms with Crippen molar-refractivity contribution in [1.82, 2.24) is 30.6 Å². The van der Waals surface area contributed by atoms with Crippen LogP contribution in [0.1, 0.15) is 29.7 Å². The minimum absolute atomic E-state index is 0.0269. The highest BCUT2D eigenvalue weighted by molar-refractivity contribution is 7.92. The molecule has 190 valence electrons. The third-order valence-corrected chi connectivity index (χ3v) is 6.93. The van der Waals surface area contributed by atoms with Crippen LogP contribution in [0.2, 0.25) is 0 Å². The molecule has 2 N–H and O–H groups in total. The van der Waals surface area contributed by atoms with Crippen LogP contribution >= 0.6 is 0 Å². The number of sulfonamides is 1. The van der Waals surface area contributed by atoms with Gasteiger partial charge in [0.15, 0.2) is 5.82 Å². The second-order valence-corrected chi connectivity index (χ2v) is 10.0. The Morgan fingerprint density at radius 1 is 1.05 bits per heavy atom. The molecule has 12 nitrogen and oxygen atoms in total. The van der Waals surface area contributed by atoms with Crippen LogP contribution < -0.4 is 9.62 Å². The lowest BCUT2D eigenvalue weighted by Crippen LogP contribution is -2.35. The van der Waals surface area contributed by atoms with Crippen LogP contribution in [-0.4, -0.2) is 57.7 Å². The van der Waals surface area contributed by atoms with E-state index in [2.05, 4.69) is 40.9 Å². The van der Waals surface area contributed by atoms with E-state index in [0.717, 1.165) is 9.87 Å². The van der Waals surface area contributed by atoms with Gasteiger partial charge in [-0.05, 0) is 61.9 Å². The standard InChI is InChI=1S/C24H25N9O3S/c1-16-14-17(2)27-24(26-16)33(13-12-23-29-31-32-30-23)37(35,36)22-10-8-20(9-11-22)25-15-19-4-6-21(7-5-19)28-18(3)34/h4-11,14-15H,12-13H2,1-3H3,(H,28,34)(H,29,30,31,32). The van der Waals surface area contributed by atoms with Crippen molar-refractivity contribution in [2.75, 3.05) is 16.2 Å². The molecule has 0 saturated carbocycles. The van der Waals surface area contributed by atoms with Crippen LogP contribution in [0, 0.1) is 13.8 Å². The first-order valence-corrected chi connectivity index (χ1v) is 12.7. The zero-order valence-corrected chi connectivity index (χ0v) is 21.3. The van der Waals surface area contributed by atoms with Crippen molar-refractivity contribution in [3.63, 3.8) is 0 Å². The van der Waals surface area contributed by atoms with Crippen molar-refractivity contribution >= 4 is 39.5 Å². The number of aromatic amines is 1. The van der Waals surface area contributed by atoms with Gasteiger partial charge >= 0.3 is 0 Å². The van der Waals surface area contributed by atoms with Crippen LogP contribution in [0.15, 0.2) is 64.5 Å². The Bertz CT molecular complexity index is 1480. The number of tetrazole rings is 1. The average Bonchev–Trinajstić information content (AvgIpc) is 3.37. The van der Waals surface area contributed by atoms with Crippen LogP contribution in [0.3, 0.4) is 0 Å². The Morgan fingerprint density at radius 3 is 2.32 bits per heavy atom. The molecule has 0 fully saturated rings. The molecule has 0 spiro atoms. The Kier molecular flexibility index (Phi) is 7.63. The molecule has 2 aromatic carbocycles. The Balaban J connectivity index is 1.56. The molecule has 1 amide bonds. The van der Waals surface area contributed by atoms with E-state index >= 15 is 0 Å². The molecule has 13 heteroatoms. The Labute approximate surface area is 213 Å². The molecule has 0 aliphatic carbocycles. The number of nitrogens with zero attached hydrogens (tertiary/aromatic N) is 7. The van der Waals surface area contributed by atoms with Gasteiger partial charge in [-0.2, -0.15) is 5.21 Å². The lowest BCUT2D eigenvalue weighted by molar-refractivity contribution is -0.114. The first-order valence-electron chi connectivity index (χ1n) is 11.3. The van der Waals surface area contributed by atoms with Crippen molar-refractivity contribution in [3.05, 3.63) is 77.4 Å². The normalized spacial score (nSPS) is 11.5. The second-order valence-electron chi connectivity index (χ2n) is 8.16. The molecular formula is C24H25N9O3S. The number of anilines is 2. The summed E-state index contributed by atoms with van der Waals surface area (Å²) >= 11 is 0. The molecule has 0 unspecified atom stereocenters. The number of H-pyrrole nitrogens is 1. The number of rotatable bonds is 9. The number of aryl methyl sites for hydroxylation is 2. The summed E-state index contributed by atoms with van der Waals surface area (Å²) in [5.74, 6) is 0.305. The van der Waals surface area contributed by atoms with Crippen molar-refractivity contribution in [1.29, 1.82) is 0 Å². The molecule has 4 rings (SSSR count). The van der Waals surface area contributed by atoms with E-state index < -0.39 is 10.0 Å². The topological polar surface area (TPSA) is 159 Å². The van der Waals surface area contributed by atoms with Crippen molar-refractivity contribution in [3.8, 4) is 0 Å². The smallest absolute Gasteiger partial charge is 0.266 e. The number of aromatic nitrogens is 6. The molecule has 0 atom stereocenters. The minimum atomic E-state index is -4.00. The van der Waals surface area contributed by atoms with Crippen molar-refractivity contribution in [2.24, 2.45) is 4.99 Å². The number of carbonyl (C=O) groups is 1. The second kappa shape index (κ2) is 11.0. The average molecular weight is 520 g/mol. The first-order chi connectivity index (χ1) is 17.7. The zero-order chi connectivity index (χ0) is 26.4. The largest absolute Gasteiger partial charge is 0.326 e. The summed E-state index contributed by atoms with van der Waals surface area (Å²) in [5.41, 5.74) is 3.39. The molecule has 0 bridgehead atoms. The summed E-state index contributed by atoms with van der Waals surface area (Å²) < 4.78 is 28.4. The molecule has 0 aliphatic heterocycles. The van der Waals surface area contributed by atoms with Crippen LogP contribution in [0.4, 0.5) is 17.3 Å². The maximum absolute atomic E-state index is 13.6. The summed E-state index contributed by atoms with van der Waals surface area (Å²) in [6, 6.07) is 15.2.